The third kappa shape index (κ3) is 3.78. The van der Waals surface area contributed by atoms with Gasteiger partial charge in [-0.25, -0.2) is 0 Å². The molecule has 2 rings (SSSR count). The second-order valence-corrected chi connectivity index (χ2v) is 5.43. The number of carbonyl (C=O) groups is 1. The van der Waals surface area contributed by atoms with Gasteiger partial charge in [0.2, 0.25) is 5.91 Å². The Kier molecular flexibility index (Phi) is 4.56. The molecule has 0 saturated carbocycles. The molecule has 0 radical (unpaired) electrons. The maximum Gasteiger partial charge on any atom is 0.309 e. The monoisotopic (exact) mass is 296 g/mol. The topological polar surface area (TPSA) is 90.5 Å². The number of nitro groups is 1. The minimum atomic E-state index is -0.466. The van der Waals surface area contributed by atoms with Gasteiger partial charge in [-0.15, -0.1) is 0 Å². The van der Waals surface area contributed by atoms with Gasteiger partial charge in [-0.2, -0.15) is 5.10 Å². The van der Waals surface area contributed by atoms with Crippen molar-refractivity contribution in [1.82, 2.24) is 14.7 Å². The van der Waals surface area contributed by atoms with Gasteiger partial charge in [0, 0.05) is 26.1 Å². The molecule has 1 saturated heterocycles. The van der Waals surface area contributed by atoms with Crippen LogP contribution in [0.15, 0.2) is 6.20 Å². The summed E-state index contributed by atoms with van der Waals surface area (Å²) in [6, 6.07) is 0. The van der Waals surface area contributed by atoms with E-state index < -0.39 is 4.92 Å². The zero-order valence-corrected chi connectivity index (χ0v) is 12.5. The largest absolute Gasteiger partial charge is 0.372 e. The fraction of sp³-hybridized carbons (Fsp3) is 0.692. The smallest absolute Gasteiger partial charge is 0.309 e. The molecular weight excluding hydrogens is 276 g/mol. The van der Waals surface area contributed by atoms with Crippen molar-refractivity contribution in [3.05, 3.63) is 22.0 Å². The number of hydrogen-bond donors (Lipinski definition) is 0. The molecular formula is C13H20N4O4. The minimum Gasteiger partial charge on any atom is -0.372 e. The van der Waals surface area contributed by atoms with Crippen LogP contribution >= 0.6 is 0 Å². The van der Waals surface area contributed by atoms with E-state index in [0.29, 0.717) is 25.3 Å². The fourth-order valence-corrected chi connectivity index (χ4v) is 2.55. The first-order valence-electron chi connectivity index (χ1n) is 6.98. The van der Waals surface area contributed by atoms with Gasteiger partial charge in [0.05, 0.1) is 17.1 Å². The van der Waals surface area contributed by atoms with Crippen LogP contribution in [0.1, 0.15) is 26.0 Å². The highest BCUT2D eigenvalue weighted by molar-refractivity contribution is 5.76. The summed E-state index contributed by atoms with van der Waals surface area (Å²) in [6.07, 6.45) is 1.71. The number of nitrogens with zero attached hydrogens (tertiary/aromatic N) is 4. The maximum atomic E-state index is 12.2. The van der Waals surface area contributed by atoms with E-state index in [1.807, 2.05) is 13.8 Å². The Morgan fingerprint density at radius 2 is 2.10 bits per heavy atom. The van der Waals surface area contributed by atoms with E-state index in [4.69, 9.17) is 4.74 Å². The van der Waals surface area contributed by atoms with Crippen LogP contribution in [-0.2, 0) is 16.1 Å². The highest BCUT2D eigenvalue weighted by Gasteiger charge is 2.25. The Bertz CT molecular complexity index is 532. The van der Waals surface area contributed by atoms with Crippen molar-refractivity contribution in [1.29, 1.82) is 0 Å². The zero-order valence-electron chi connectivity index (χ0n) is 12.5. The lowest BCUT2D eigenvalue weighted by Gasteiger charge is -2.35. The molecule has 0 N–H and O–H groups in total. The molecule has 2 heterocycles. The molecule has 0 aliphatic carbocycles. The number of rotatable bonds is 4. The molecule has 116 valence electrons. The lowest BCUT2D eigenvalue weighted by atomic mass is 10.2. The Morgan fingerprint density at radius 1 is 1.48 bits per heavy atom. The molecule has 1 aliphatic rings. The number of aryl methyl sites for hydroxylation is 2. The SMILES string of the molecule is Cc1nn(CCC(=O)N2CC(C)OC(C)C2)cc1[N+](=O)[O-]. The number of morpholine rings is 1. The highest BCUT2D eigenvalue weighted by atomic mass is 16.6. The van der Waals surface area contributed by atoms with Crippen molar-refractivity contribution < 1.29 is 14.5 Å². The van der Waals surface area contributed by atoms with E-state index in [9.17, 15) is 14.9 Å². The second kappa shape index (κ2) is 6.21. The first-order chi connectivity index (χ1) is 9.86. The summed E-state index contributed by atoms with van der Waals surface area (Å²) < 4.78 is 7.05. The van der Waals surface area contributed by atoms with Crippen LogP contribution in [0.5, 0.6) is 0 Å². The average Bonchev–Trinajstić information content (AvgIpc) is 2.76. The standard InChI is InChI=1S/C13H20N4O4/c1-9-6-15(7-10(2)21-9)13(18)4-5-16-8-12(17(19)20)11(3)14-16/h8-10H,4-7H2,1-3H3. The average molecular weight is 296 g/mol. The van der Waals surface area contributed by atoms with Crippen molar-refractivity contribution in [3.63, 3.8) is 0 Å². The van der Waals surface area contributed by atoms with Crippen molar-refractivity contribution in [3.8, 4) is 0 Å². The quantitative estimate of drug-likeness (QED) is 0.613. The zero-order chi connectivity index (χ0) is 15.6. The Morgan fingerprint density at radius 3 is 2.62 bits per heavy atom. The van der Waals surface area contributed by atoms with E-state index in [-0.39, 0.29) is 30.2 Å². The van der Waals surface area contributed by atoms with Crippen LogP contribution in [-0.4, -0.2) is 50.8 Å². The van der Waals surface area contributed by atoms with E-state index in [2.05, 4.69) is 5.10 Å². The summed E-state index contributed by atoms with van der Waals surface area (Å²) in [5.41, 5.74) is 0.345. The summed E-state index contributed by atoms with van der Waals surface area (Å²) in [5, 5.41) is 14.8. The summed E-state index contributed by atoms with van der Waals surface area (Å²) in [6.45, 7) is 6.98. The summed E-state index contributed by atoms with van der Waals surface area (Å²) >= 11 is 0. The Balaban J connectivity index is 1.92. The molecule has 2 unspecified atom stereocenters. The summed E-state index contributed by atoms with van der Waals surface area (Å²) in [7, 11) is 0. The second-order valence-electron chi connectivity index (χ2n) is 5.43. The summed E-state index contributed by atoms with van der Waals surface area (Å²) in [5.74, 6) is 0.0211. The van der Waals surface area contributed by atoms with Gasteiger partial charge in [0.25, 0.3) is 0 Å². The van der Waals surface area contributed by atoms with Crippen LogP contribution in [0.4, 0.5) is 5.69 Å². The molecule has 1 aliphatic heterocycles. The van der Waals surface area contributed by atoms with Crippen LogP contribution in [0.25, 0.3) is 0 Å². The van der Waals surface area contributed by atoms with E-state index >= 15 is 0 Å². The Labute approximate surface area is 122 Å². The molecule has 0 bridgehead atoms. The number of carbonyl (C=O) groups excluding carboxylic acids is 1. The molecule has 8 heteroatoms. The fourth-order valence-electron chi connectivity index (χ4n) is 2.55. The van der Waals surface area contributed by atoms with Gasteiger partial charge in [-0.05, 0) is 20.8 Å². The molecule has 1 aromatic rings. The first kappa shape index (κ1) is 15.4. The van der Waals surface area contributed by atoms with E-state index in [1.165, 1.54) is 10.9 Å². The van der Waals surface area contributed by atoms with Crippen LogP contribution in [0.2, 0.25) is 0 Å². The van der Waals surface area contributed by atoms with Gasteiger partial charge in [0.15, 0.2) is 0 Å². The number of amides is 1. The summed E-state index contributed by atoms with van der Waals surface area (Å²) in [4.78, 5) is 24.3. The van der Waals surface area contributed by atoms with Gasteiger partial charge in [-0.3, -0.25) is 19.6 Å². The molecule has 1 amide bonds. The van der Waals surface area contributed by atoms with Crippen molar-refractivity contribution in [2.45, 2.75) is 45.9 Å². The molecule has 2 atom stereocenters. The number of hydrogen-bond acceptors (Lipinski definition) is 5. The van der Waals surface area contributed by atoms with Gasteiger partial charge in [-0.1, -0.05) is 0 Å². The minimum absolute atomic E-state index is 0.0175. The van der Waals surface area contributed by atoms with E-state index in [0.717, 1.165) is 0 Å². The van der Waals surface area contributed by atoms with Crippen LogP contribution < -0.4 is 0 Å². The molecule has 0 spiro atoms. The van der Waals surface area contributed by atoms with Gasteiger partial charge < -0.3 is 9.64 Å². The third-order valence-electron chi connectivity index (χ3n) is 3.44. The Hall–Kier alpha value is -1.96. The maximum absolute atomic E-state index is 12.2. The first-order valence-corrected chi connectivity index (χ1v) is 6.98. The number of ether oxygens (including phenoxy) is 1. The number of aromatic nitrogens is 2. The molecule has 21 heavy (non-hydrogen) atoms. The predicted molar refractivity (Wildman–Crippen MR) is 74.8 cm³/mol. The third-order valence-corrected chi connectivity index (χ3v) is 3.44. The lowest BCUT2D eigenvalue weighted by molar-refractivity contribution is -0.385. The molecule has 1 fully saturated rings. The van der Waals surface area contributed by atoms with Crippen molar-refractivity contribution in [2.75, 3.05) is 13.1 Å². The van der Waals surface area contributed by atoms with Crippen molar-refractivity contribution >= 4 is 11.6 Å². The highest BCUT2D eigenvalue weighted by Crippen LogP contribution is 2.16. The normalized spacial score (nSPS) is 22.3. The van der Waals surface area contributed by atoms with E-state index in [1.54, 1.807) is 11.8 Å². The molecule has 1 aromatic heterocycles. The van der Waals surface area contributed by atoms with Crippen LogP contribution in [0, 0.1) is 17.0 Å². The van der Waals surface area contributed by atoms with Crippen LogP contribution in [0.3, 0.4) is 0 Å². The van der Waals surface area contributed by atoms with Gasteiger partial charge >= 0.3 is 5.69 Å². The van der Waals surface area contributed by atoms with Crippen molar-refractivity contribution in [2.24, 2.45) is 0 Å². The van der Waals surface area contributed by atoms with Gasteiger partial charge in [0.1, 0.15) is 11.9 Å². The predicted octanol–water partition coefficient (Wildman–Crippen LogP) is 1.13. The molecule has 8 nitrogen and oxygen atoms in total. The molecule has 0 aromatic carbocycles. The lowest BCUT2D eigenvalue weighted by Crippen LogP contribution is -2.48.